The average Bonchev–Trinajstić information content (AvgIpc) is 3.23. The van der Waals surface area contributed by atoms with Gasteiger partial charge in [0, 0.05) is 13.0 Å². The minimum absolute atomic E-state index is 0.0973. The molecule has 10 heteroatoms. The van der Waals surface area contributed by atoms with Crippen LogP contribution in [0.5, 0.6) is 11.5 Å². The second-order valence-corrected chi connectivity index (χ2v) is 8.00. The van der Waals surface area contributed by atoms with E-state index in [9.17, 15) is 9.59 Å². The zero-order chi connectivity index (χ0) is 23.6. The number of nitrogens with zero attached hydrogens (tertiary/aromatic N) is 3. The van der Waals surface area contributed by atoms with E-state index in [0.29, 0.717) is 29.6 Å². The van der Waals surface area contributed by atoms with Gasteiger partial charge in [0.1, 0.15) is 5.82 Å². The smallest absolute Gasteiger partial charge is 0.248 e. The second kappa shape index (κ2) is 11.9. The van der Waals surface area contributed by atoms with Gasteiger partial charge in [-0.3, -0.25) is 20.4 Å². The van der Waals surface area contributed by atoms with Crippen molar-refractivity contribution in [1.29, 1.82) is 0 Å². The van der Waals surface area contributed by atoms with E-state index in [2.05, 4.69) is 21.0 Å². The van der Waals surface area contributed by atoms with Gasteiger partial charge in [-0.05, 0) is 30.2 Å². The minimum Gasteiger partial charge on any atom is -0.493 e. The van der Waals surface area contributed by atoms with Crippen LogP contribution in [-0.2, 0) is 29.0 Å². The molecule has 174 valence electrons. The molecule has 0 fully saturated rings. The number of amides is 2. The van der Waals surface area contributed by atoms with Crippen molar-refractivity contribution in [3.05, 3.63) is 65.5 Å². The van der Waals surface area contributed by atoms with E-state index in [0.717, 1.165) is 17.0 Å². The number of ether oxygens (including phenoxy) is 2. The van der Waals surface area contributed by atoms with Gasteiger partial charge in [-0.15, -0.1) is 10.2 Å². The molecule has 0 saturated heterocycles. The summed E-state index contributed by atoms with van der Waals surface area (Å²) in [5, 5.41) is 9.17. The Morgan fingerprint density at radius 2 is 1.67 bits per heavy atom. The van der Waals surface area contributed by atoms with Gasteiger partial charge in [0.15, 0.2) is 16.7 Å². The highest BCUT2D eigenvalue weighted by atomic mass is 32.2. The molecule has 3 rings (SSSR count). The Balaban J connectivity index is 1.53. The summed E-state index contributed by atoms with van der Waals surface area (Å²) in [5.41, 5.74) is 6.75. The molecule has 0 unspecified atom stereocenters. The molecule has 2 N–H and O–H groups in total. The van der Waals surface area contributed by atoms with Crippen LogP contribution in [0.3, 0.4) is 0 Å². The standard InChI is InChI=1S/C23H27N5O4S/c1-4-28-20(13-17-10-11-18(31-2)19(12-17)32-3)24-27-23(28)33-15-22(30)26-25-21(29)14-16-8-6-5-7-9-16/h5-12H,4,13-15H2,1-3H3,(H,25,29)(H,26,30). The molecule has 0 bridgehead atoms. The molecule has 0 spiro atoms. The first kappa shape index (κ1) is 24.1. The van der Waals surface area contributed by atoms with Crippen molar-refractivity contribution < 1.29 is 19.1 Å². The van der Waals surface area contributed by atoms with Crippen molar-refractivity contribution >= 4 is 23.6 Å². The Hall–Kier alpha value is -3.53. The van der Waals surface area contributed by atoms with Crippen molar-refractivity contribution in [2.75, 3.05) is 20.0 Å². The third-order valence-corrected chi connectivity index (χ3v) is 5.77. The molecule has 2 amide bonds. The Labute approximate surface area is 196 Å². The summed E-state index contributed by atoms with van der Waals surface area (Å²) in [6.45, 7) is 2.66. The molecule has 0 aliphatic rings. The normalized spacial score (nSPS) is 10.5. The molecule has 0 atom stereocenters. The molecule has 0 aliphatic carbocycles. The number of benzene rings is 2. The maximum absolute atomic E-state index is 12.2. The van der Waals surface area contributed by atoms with Crippen LogP contribution in [0.4, 0.5) is 0 Å². The van der Waals surface area contributed by atoms with Crippen LogP contribution in [0.2, 0.25) is 0 Å². The van der Waals surface area contributed by atoms with Crippen LogP contribution in [0, 0.1) is 0 Å². The van der Waals surface area contributed by atoms with Gasteiger partial charge < -0.3 is 14.0 Å². The maximum Gasteiger partial charge on any atom is 0.248 e. The topological polar surface area (TPSA) is 107 Å². The van der Waals surface area contributed by atoms with E-state index >= 15 is 0 Å². The monoisotopic (exact) mass is 469 g/mol. The van der Waals surface area contributed by atoms with Crippen LogP contribution in [0.15, 0.2) is 53.7 Å². The molecule has 0 saturated carbocycles. The molecular formula is C23H27N5O4S. The summed E-state index contributed by atoms with van der Waals surface area (Å²) in [5.74, 6) is 1.58. The van der Waals surface area contributed by atoms with E-state index in [1.165, 1.54) is 11.8 Å². The maximum atomic E-state index is 12.2. The number of methoxy groups -OCH3 is 2. The lowest BCUT2D eigenvalue weighted by Crippen LogP contribution is -2.43. The first-order valence-corrected chi connectivity index (χ1v) is 11.4. The van der Waals surface area contributed by atoms with Crippen molar-refractivity contribution in [2.24, 2.45) is 0 Å². The van der Waals surface area contributed by atoms with Gasteiger partial charge in [-0.1, -0.05) is 48.2 Å². The Kier molecular flexibility index (Phi) is 8.71. The fourth-order valence-electron chi connectivity index (χ4n) is 3.18. The summed E-state index contributed by atoms with van der Waals surface area (Å²) in [6.07, 6.45) is 0.751. The molecule has 2 aromatic carbocycles. The molecular weight excluding hydrogens is 442 g/mol. The number of rotatable bonds is 10. The highest BCUT2D eigenvalue weighted by Crippen LogP contribution is 2.28. The largest absolute Gasteiger partial charge is 0.493 e. The molecule has 3 aromatic rings. The van der Waals surface area contributed by atoms with Crippen LogP contribution >= 0.6 is 11.8 Å². The molecule has 1 aromatic heterocycles. The number of hydrogen-bond donors (Lipinski definition) is 2. The third kappa shape index (κ3) is 6.72. The highest BCUT2D eigenvalue weighted by Gasteiger charge is 2.15. The van der Waals surface area contributed by atoms with E-state index in [4.69, 9.17) is 9.47 Å². The van der Waals surface area contributed by atoms with E-state index < -0.39 is 0 Å². The van der Waals surface area contributed by atoms with E-state index in [1.807, 2.05) is 60.0 Å². The number of nitrogens with one attached hydrogen (secondary N) is 2. The van der Waals surface area contributed by atoms with Crippen LogP contribution in [0.25, 0.3) is 0 Å². The molecule has 33 heavy (non-hydrogen) atoms. The Morgan fingerprint density at radius 1 is 0.939 bits per heavy atom. The van der Waals surface area contributed by atoms with Gasteiger partial charge in [0.2, 0.25) is 11.8 Å². The predicted molar refractivity (Wildman–Crippen MR) is 125 cm³/mol. The van der Waals surface area contributed by atoms with Crippen molar-refractivity contribution in [3.63, 3.8) is 0 Å². The lowest BCUT2D eigenvalue weighted by molar-refractivity contribution is -0.127. The van der Waals surface area contributed by atoms with E-state index in [-0.39, 0.29) is 24.0 Å². The minimum atomic E-state index is -0.325. The van der Waals surface area contributed by atoms with Crippen LogP contribution in [-0.4, -0.2) is 46.6 Å². The quantitative estimate of drug-likeness (QED) is 0.347. The Bertz CT molecular complexity index is 1090. The number of aromatic nitrogens is 3. The van der Waals surface area contributed by atoms with E-state index in [1.54, 1.807) is 14.2 Å². The third-order valence-electron chi connectivity index (χ3n) is 4.80. The second-order valence-electron chi connectivity index (χ2n) is 7.06. The predicted octanol–water partition coefficient (Wildman–Crippen LogP) is 2.39. The number of hydrazine groups is 1. The first-order valence-electron chi connectivity index (χ1n) is 10.4. The lowest BCUT2D eigenvalue weighted by Gasteiger charge is -2.11. The fourth-order valence-corrected chi connectivity index (χ4v) is 4.00. The summed E-state index contributed by atoms with van der Waals surface area (Å²) in [7, 11) is 3.19. The fraction of sp³-hybridized carbons (Fsp3) is 0.304. The summed E-state index contributed by atoms with van der Waals surface area (Å²) < 4.78 is 12.6. The zero-order valence-corrected chi connectivity index (χ0v) is 19.6. The number of thioether (sulfide) groups is 1. The summed E-state index contributed by atoms with van der Waals surface area (Å²) in [4.78, 5) is 24.2. The molecule has 1 heterocycles. The number of carbonyl (C=O) groups excluding carboxylic acids is 2. The van der Waals surface area contributed by atoms with Crippen molar-refractivity contribution in [2.45, 2.75) is 31.5 Å². The van der Waals surface area contributed by atoms with Crippen LogP contribution in [0.1, 0.15) is 23.9 Å². The highest BCUT2D eigenvalue weighted by molar-refractivity contribution is 7.99. The molecule has 0 radical (unpaired) electrons. The van der Waals surface area contributed by atoms with Crippen molar-refractivity contribution in [3.8, 4) is 11.5 Å². The Morgan fingerprint density at radius 3 is 2.36 bits per heavy atom. The SMILES string of the molecule is CCn1c(Cc2ccc(OC)c(OC)c2)nnc1SCC(=O)NNC(=O)Cc1ccccc1. The summed E-state index contributed by atoms with van der Waals surface area (Å²) in [6, 6.07) is 15.0. The van der Waals surface area contributed by atoms with Crippen LogP contribution < -0.4 is 20.3 Å². The van der Waals surface area contributed by atoms with Gasteiger partial charge in [0.05, 0.1) is 26.4 Å². The van der Waals surface area contributed by atoms with Gasteiger partial charge >= 0.3 is 0 Å². The average molecular weight is 470 g/mol. The number of carbonyl (C=O) groups is 2. The van der Waals surface area contributed by atoms with Gasteiger partial charge in [-0.25, -0.2) is 0 Å². The first-order chi connectivity index (χ1) is 16.0. The number of hydrogen-bond acceptors (Lipinski definition) is 7. The van der Waals surface area contributed by atoms with Gasteiger partial charge in [0.25, 0.3) is 0 Å². The van der Waals surface area contributed by atoms with Gasteiger partial charge in [-0.2, -0.15) is 0 Å². The molecule has 9 nitrogen and oxygen atoms in total. The lowest BCUT2D eigenvalue weighted by atomic mass is 10.1. The van der Waals surface area contributed by atoms with Crippen molar-refractivity contribution in [1.82, 2.24) is 25.6 Å². The summed E-state index contributed by atoms with van der Waals surface area (Å²) >= 11 is 1.26. The molecule has 0 aliphatic heterocycles. The zero-order valence-electron chi connectivity index (χ0n) is 18.8.